The number of anilines is 3. The second kappa shape index (κ2) is 10.4. The van der Waals surface area contributed by atoms with E-state index < -0.39 is 0 Å². The number of carbonyl (C=O) groups excluding carboxylic acids is 1. The van der Waals surface area contributed by atoms with E-state index in [1.165, 1.54) is 0 Å². The lowest BCUT2D eigenvalue weighted by molar-refractivity contribution is -0.115. The van der Waals surface area contributed by atoms with E-state index in [1.54, 1.807) is 32.9 Å². The Morgan fingerprint density at radius 1 is 0.889 bits per heavy atom. The Hall–Kier alpha value is -4.47. The second-order valence-corrected chi connectivity index (χ2v) is 8.38. The van der Waals surface area contributed by atoms with Gasteiger partial charge in [-0.05, 0) is 11.6 Å². The summed E-state index contributed by atoms with van der Waals surface area (Å²) in [4.78, 5) is 34.6. The molecule has 0 bridgehead atoms. The van der Waals surface area contributed by atoms with Crippen LogP contribution in [0.25, 0.3) is 10.9 Å². The zero-order chi connectivity index (χ0) is 24.9. The highest BCUT2D eigenvalue weighted by atomic mass is 16.5. The molecule has 5 rings (SSSR count). The number of piperazine rings is 1. The Morgan fingerprint density at radius 2 is 1.56 bits per heavy atom. The molecule has 1 aliphatic heterocycles. The van der Waals surface area contributed by atoms with Crippen LogP contribution < -0.4 is 24.6 Å². The van der Waals surface area contributed by atoms with Crippen molar-refractivity contribution in [3.63, 3.8) is 0 Å². The first kappa shape index (κ1) is 23.3. The number of amides is 1. The number of rotatable bonds is 7. The Bertz CT molecular complexity index is 1340. The standard InChI is InChI=1S/C26H27N7O3/c1-35-22-13-20-21(14-23(22)36-2)29-17-30-25(20)32-8-10-33(11-9-32)26-27-15-19(16-28-26)31-24(34)12-18-6-4-3-5-7-18/h3-7,13-17H,8-12H2,1-2H3,(H,31,34). The molecule has 3 heterocycles. The van der Waals surface area contributed by atoms with Crippen LogP contribution in [0.1, 0.15) is 5.56 Å². The van der Waals surface area contributed by atoms with Crippen molar-refractivity contribution in [2.75, 3.05) is 55.5 Å². The lowest BCUT2D eigenvalue weighted by Crippen LogP contribution is -2.47. The van der Waals surface area contributed by atoms with E-state index >= 15 is 0 Å². The summed E-state index contributed by atoms with van der Waals surface area (Å²) >= 11 is 0. The molecule has 1 aliphatic rings. The van der Waals surface area contributed by atoms with Gasteiger partial charge in [-0.3, -0.25) is 4.79 Å². The number of nitrogens with zero attached hydrogens (tertiary/aromatic N) is 6. The molecule has 184 valence electrons. The number of hydrogen-bond donors (Lipinski definition) is 1. The van der Waals surface area contributed by atoms with E-state index in [0.29, 0.717) is 29.6 Å². The quantitative estimate of drug-likeness (QED) is 0.423. The highest BCUT2D eigenvalue weighted by molar-refractivity contribution is 5.92. The molecule has 0 aliphatic carbocycles. The Kier molecular flexibility index (Phi) is 6.74. The van der Waals surface area contributed by atoms with Crippen LogP contribution in [0.5, 0.6) is 11.5 Å². The first-order chi connectivity index (χ1) is 17.6. The molecule has 0 atom stereocenters. The van der Waals surface area contributed by atoms with Gasteiger partial charge in [0.25, 0.3) is 0 Å². The van der Waals surface area contributed by atoms with Gasteiger partial charge in [0.2, 0.25) is 11.9 Å². The minimum atomic E-state index is -0.0995. The molecule has 36 heavy (non-hydrogen) atoms. The van der Waals surface area contributed by atoms with Crippen LogP contribution in [0.4, 0.5) is 17.5 Å². The maximum Gasteiger partial charge on any atom is 0.228 e. The fourth-order valence-electron chi connectivity index (χ4n) is 4.28. The molecule has 4 aromatic rings. The molecule has 1 fully saturated rings. The van der Waals surface area contributed by atoms with Gasteiger partial charge in [0, 0.05) is 37.6 Å². The van der Waals surface area contributed by atoms with E-state index in [4.69, 9.17) is 9.47 Å². The number of nitrogens with one attached hydrogen (secondary N) is 1. The molecule has 1 N–H and O–H groups in total. The van der Waals surface area contributed by atoms with Gasteiger partial charge in [-0.15, -0.1) is 0 Å². The van der Waals surface area contributed by atoms with Gasteiger partial charge < -0.3 is 24.6 Å². The number of hydrogen-bond acceptors (Lipinski definition) is 9. The predicted octanol–water partition coefficient (Wildman–Crippen LogP) is 2.94. The third kappa shape index (κ3) is 4.97. The summed E-state index contributed by atoms with van der Waals surface area (Å²) < 4.78 is 10.9. The van der Waals surface area contributed by atoms with Gasteiger partial charge in [0.05, 0.1) is 44.2 Å². The van der Waals surface area contributed by atoms with E-state index in [9.17, 15) is 4.79 Å². The molecule has 2 aromatic carbocycles. The molecular formula is C26H27N7O3. The molecule has 0 unspecified atom stereocenters. The summed E-state index contributed by atoms with van der Waals surface area (Å²) in [6.45, 7) is 2.97. The maximum absolute atomic E-state index is 12.3. The summed E-state index contributed by atoms with van der Waals surface area (Å²) in [5.41, 5.74) is 2.34. The predicted molar refractivity (Wildman–Crippen MR) is 138 cm³/mol. The van der Waals surface area contributed by atoms with Crippen molar-refractivity contribution in [3.8, 4) is 11.5 Å². The lowest BCUT2D eigenvalue weighted by atomic mass is 10.1. The zero-order valence-electron chi connectivity index (χ0n) is 20.2. The Morgan fingerprint density at radius 3 is 2.25 bits per heavy atom. The SMILES string of the molecule is COc1cc2ncnc(N3CCN(c4ncc(NC(=O)Cc5ccccc5)cn4)CC3)c2cc1OC. The highest BCUT2D eigenvalue weighted by Gasteiger charge is 2.22. The molecule has 10 nitrogen and oxygen atoms in total. The van der Waals surface area contributed by atoms with Crippen LogP contribution in [-0.4, -0.2) is 66.2 Å². The summed E-state index contributed by atoms with van der Waals surface area (Å²) in [5, 5.41) is 3.77. The van der Waals surface area contributed by atoms with Crippen molar-refractivity contribution in [3.05, 3.63) is 66.7 Å². The number of benzene rings is 2. The fraction of sp³-hybridized carbons (Fsp3) is 0.269. The number of ether oxygens (including phenoxy) is 2. The van der Waals surface area contributed by atoms with E-state index in [1.807, 2.05) is 42.5 Å². The number of fused-ring (bicyclic) bond motifs is 1. The minimum absolute atomic E-state index is 0.0995. The number of carbonyl (C=O) groups is 1. The summed E-state index contributed by atoms with van der Waals surface area (Å²) in [7, 11) is 3.23. The van der Waals surface area contributed by atoms with Crippen molar-refractivity contribution in [2.45, 2.75) is 6.42 Å². The highest BCUT2D eigenvalue weighted by Crippen LogP contribution is 2.35. The second-order valence-electron chi connectivity index (χ2n) is 8.38. The van der Waals surface area contributed by atoms with Crippen molar-refractivity contribution < 1.29 is 14.3 Å². The summed E-state index contributed by atoms with van der Waals surface area (Å²) in [5.74, 6) is 2.67. The third-order valence-corrected chi connectivity index (χ3v) is 6.11. The van der Waals surface area contributed by atoms with E-state index in [-0.39, 0.29) is 5.91 Å². The number of aromatic nitrogens is 4. The molecule has 2 aromatic heterocycles. The van der Waals surface area contributed by atoms with Crippen LogP contribution in [0.2, 0.25) is 0 Å². The third-order valence-electron chi connectivity index (χ3n) is 6.11. The fourth-order valence-corrected chi connectivity index (χ4v) is 4.28. The van der Waals surface area contributed by atoms with Crippen LogP contribution in [0, 0.1) is 0 Å². The van der Waals surface area contributed by atoms with E-state index in [2.05, 4.69) is 35.1 Å². The zero-order valence-corrected chi connectivity index (χ0v) is 20.2. The summed E-state index contributed by atoms with van der Waals surface area (Å²) in [6.07, 6.45) is 5.18. The maximum atomic E-state index is 12.3. The molecular weight excluding hydrogens is 458 g/mol. The molecule has 0 radical (unpaired) electrons. The van der Waals surface area contributed by atoms with E-state index in [0.717, 1.165) is 48.5 Å². The Balaban J connectivity index is 1.22. The van der Waals surface area contributed by atoms with Gasteiger partial charge in [-0.2, -0.15) is 0 Å². The lowest BCUT2D eigenvalue weighted by Gasteiger charge is -2.35. The van der Waals surface area contributed by atoms with Crippen molar-refractivity contribution >= 4 is 34.3 Å². The van der Waals surface area contributed by atoms with Crippen molar-refractivity contribution in [2.24, 2.45) is 0 Å². The molecule has 1 amide bonds. The first-order valence-electron chi connectivity index (χ1n) is 11.7. The van der Waals surface area contributed by atoms with Crippen LogP contribution in [0.15, 0.2) is 61.2 Å². The van der Waals surface area contributed by atoms with Crippen LogP contribution >= 0.6 is 0 Å². The molecule has 10 heteroatoms. The topological polar surface area (TPSA) is 106 Å². The molecule has 1 saturated heterocycles. The smallest absolute Gasteiger partial charge is 0.228 e. The van der Waals surface area contributed by atoms with Gasteiger partial charge >= 0.3 is 0 Å². The molecule has 0 spiro atoms. The largest absolute Gasteiger partial charge is 0.493 e. The summed E-state index contributed by atoms with van der Waals surface area (Å²) in [6, 6.07) is 13.4. The van der Waals surface area contributed by atoms with Crippen LogP contribution in [0.3, 0.4) is 0 Å². The van der Waals surface area contributed by atoms with Gasteiger partial charge in [-0.25, -0.2) is 19.9 Å². The van der Waals surface area contributed by atoms with Crippen LogP contribution in [-0.2, 0) is 11.2 Å². The van der Waals surface area contributed by atoms with Gasteiger partial charge in [0.1, 0.15) is 12.1 Å². The van der Waals surface area contributed by atoms with Crippen molar-refractivity contribution in [1.82, 2.24) is 19.9 Å². The average molecular weight is 486 g/mol. The van der Waals surface area contributed by atoms with Gasteiger partial charge in [0.15, 0.2) is 11.5 Å². The Labute approximate surface area is 208 Å². The van der Waals surface area contributed by atoms with Gasteiger partial charge in [-0.1, -0.05) is 30.3 Å². The van der Waals surface area contributed by atoms with Crippen molar-refractivity contribution in [1.29, 1.82) is 0 Å². The normalized spacial score (nSPS) is 13.5. The number of methoxy groups -OCH3 is 2. The first-order valence-corrected chi connectivity index (χ1v) is 11.7. The molecule has 0 saturated carbocycles. The monoisotopic (exact) mass is 485 g/mol. The minimum Gasteiger partial charge on any atom is -0.493 e. The average Bonchev–Trinajstić information content (AvgIpc) is 2.93.